The Labute approximate surface area is 107 Å². The van der Waals surface area contributed by atoms with E-state index in [1.54, 1.807) is 12.1 Å². The lowest BCUT2D eigenvalue weighted by Gasteiger charge is -2.31. The van der Waals surface area contributed by atoms with Crippen LogP contribution in [0.3, 0.4) is 0 Å². The van der Waals surface area contributed by atoms with Gasteiger partial charge in [-0.3, -0.25) is 4.90 Å². The quantitative estimate of drug-likeness (QED) is 0.790. The summed E-state index contributed by atoms with van der Waals surface area (Å²) in [6, 6.07) is 4.25. The molecule has 0 spiro atoms. The van der Waals surface area contributed by atoms with Gasteiger partial charge in [0.05, 0.1) is 17.1 Å². The van der Waals surface area contributed by atoms with Crippen molar-refractivity contribution in [2.75, 3.05) is 18.5 Å². The van der Waals surface area contributed by atoms with E-state index in [9.17, 15) is 9.59 Å². The lowest BCUT2D eigenvalue weighted by Crippen LogP contribution is -2.51. The number of carbonyl (C=O) groups excluding carboxylic acids is 2. The lowest BCUT2D eigenvalue weighted by atomic mass is 10.3. The number of halogens is 2. The van der Waals surface area contributed by atoms with E-state index in [2.05, 4.69) is 4.84 Å². The molecule has 1 heterocycles. The summed E-state index contributed by atoms with van der Waals surface area (Å²) < 4.78 is 0. The average molecular weight is 275 g/mol. The van der Waals surface area contributed by atoms with E-state index in [1.807, 2.05) is 0 Å². The molecule has 0 bridgehead atoms. The SMILES string of the molecule is CN1OC(=O)CN(c2ccc(Cl)c(Cl)c2)C1=O. The average Bonchev–Trinajstić information content (AvgIpc) is 2.27. The Balaban J connectivity index is 2.34. The van der Waals surface area contributed by atoms with E-state index in [0.29, 0.717) is 15.7 Å². The monoisotopic (exact) mass is 274 g/mol. The molecular formula is C10H8Cl2N2O3. The highest BCUT2D eigenvalue weighted by Crippen LogP contribution is 2.28. The molecule has 1 aromatic rings. The number of urea groups is 1. The topological polar surface area (TPSA) is 49.9 Å². The highest BCUT2D eigenvalue weighted by atomic mass is 35.5. The summed E-state index contributed by atoms with van der Waals surface area (Å²) in [5.41, 5.74) is 0.493. The number of benzene rings is 1. The van der Waals surface area contributed by atoms with Crippen LogP contribution >= 0.6 is 23.2 Å². The van der Waals surface area contributed by atoms with E-state index in [0.717, 1.165) is 5.06 Å². The van der Waals surface area contributed by atoms with Crippen molar-refractivity contribution in [2.45, 2.75) is 0 Å². The van der Waals surface area contributed by atoms with Crippen LogP contribution in [0.5, 0.6) is 0 Å². The zero-order valence-electron chi connectivity index (χ0n) is 8.81. The second kappa shape index (κ2) is 4.43. The van der Waals surface area contributed by atoms with Gasteiger partial charge in [-0.25, -0.2) is 9.59 Å². The van der Waals surface area contributed by atoms with Crippen LogP contribution in [0.25, 0.3) is 0 Å². The van der Waals surface area contributed by atoms with E-state index >= 15 is 0 Å². The maximum atomic E-state index is 11.8. The Kier molecular flexibility index (Phi) is 3.13. The molecule has 1 fully saturated rings. The van der Waals surface area contributed by atoms with E-state index in [1.165, 1.54) is 18.0 Å². The summed E-state index contributed by atoms with van der Waals surface area (Å²) in [5, 5.41) is 1.57. The second-order valence-corrected chi connectivity index (χ2v) is 4.24. The van der Waals surface area contributed by atoms with Crippen LogP contribution in [0.1, 0.15) is 0 Å². The first kappa shape index (κ1) is 12.0. The molecule has 2 rings (SSSR count). The fourth-order valence-corrected chi connectivity index (χ4v) is 1.73. The molecule has 7 heteroatoms. The third kappa shape index (κ3) is 2.30. The van der Waals surface area contributed by atoms with Gasteiger partial charge >= 0.3 is 12.0 Å². The van der Waals surface area contributed by atoms with Gasteiger partial charge < -0.3 is 4.84 Å². The zero-order chi connectivity index (χ0) is 12.6. The number of carbonyl (C=O) groups is 2. The molecule has 0 saturated carbocycles. The third-order valence-electron chi connectivity index (χ3n) is 2.24. The number of nitrogens with zero attached hydrogens (tertiary/aromatic N) is 2. The largest absolute Gasteiger partial charge is 0.357 e. The van der Waals surface area contributed by atoms with E-state index in [4.69, 9.17) is 23.2 Å². The van der Waals surface area contributed by atoms with Crippen LogP contribution in [0, 0.1) is 0 Å². The van der Waals surface area contributed by atoms with Crippen LogP contribution < -0.4 is 4.90 Å². The predicted octanol–water partition coefficient (Wildman–Crippen LogP) is 2.32. The molecule has 0 aromatic heterocycles. The normalized spacial score (nSPS) is 16.2. The van der Waals surface area contributed by atoms with Gasteiger partial charge in [0.2, 0.25) is 0 Å². The maximum absolute atomic E-state index is 11.8. The lowest BCUT2D eigenvalue weighted by molar-refractivity contribution is -0.173. The molecule has 0 aliphatic carbocycles. The fourth-order valence-electron chi connectivity index (χ4n) is 1.44. The number of hydroxylamine groups is 2. The smallest absolute Gasteiger partial charge is 0.335 e. The summed E-state index contributed by atoms with van der Waals surface area (Å²) in [5.74, 6) is -0.516. The molecule has 5 nitrogen and oxygen atoms in total. The highest BCUT2D eigenvalue weighted by Gasteiger charge is 2.31. The molecule has 17 heavy (non-hydrogen) atoms. The Bertz CT molecular complexity index is 492. The first-order chi connectivity index (χ1) is 7.99. The van der Waals surface area contributed by atoms with E-state index in [-0.39, 0.29) is 6.54 Å². The number of amides is 2. The summed E-state index contributed by atoms with van der Waals surface area (Å²) in [4.78, 5) is 28.9. The maximum Gasteiger partial charge on any atom is 0.357 e. The number of hydrogen-bond donors (Lipinski definition) is 0. The summed E-state index contributed by atoms with van der Waals surface area (Å²) in [6.45, 7) is -0.152. The van der Waals surface area contributed by atoms with Gasteiger partial charge in [0.1, 0.15) is 6.54 Å². The van der Waals surface area contributed by atoms with Crippen LogP contribution in [0.4, 0.5) is 10.5 Å². The molecule has 1 aliphatic rings. The van der Waals surface area contributed by atoms with Crippen molar-refractivity contribution in [1.29, 1.82) is 0 Å². The van der Waals surface area contributed by atoms with Crippen molar-refractivity contribution < 1.29 is 14.4 Å². The fraction of sp³-hybridized carbons (Fsp3) is 0.200. The van der Waals surface area contributed by atoms with Crippen molar-refractivity contribution >= 4 is 40.9 Å². The van der Waals surface area contributed by atoms with Crippen molar-refractivity contribution in [3.05, 3.63) is 28.2 Å². The van der Waals surface area contributed by atoms with Crippen LogP contribution in [0.15, 0.2) is 18.2 Å². The number of rotatable bonds is 1. The van der Waals surface area contributed by atoms with Crippen LogP contribution in [-0.4, -0.2) is 30.7 Å². The van der Waals surface area contributed by atoms with Crippen molar-refractivity contribution in [3.63, 3.8) is 0 Å². The summed E-state index contributed by atoms with van der Waals surface area (Å²) >= 11 is 11.6. The Morgan fingerprint density at radius 1 is 1.24 bits per heavy atom. The standard InChI is InChI=1S/C10H8Cl2N2O3/c1-13-10(16)14(5-9(15)17-13)6-2-3-7(11)8(12)4-6/h2-4H,5H2,1H3. The molecule has 1 aromatic carbocycles. The van der Waals surface area contributed by atoms with Crippen LogP contribution in [0.2, 0.25) is 10.0 Å². The predicted molar refractivity (Wildman–Crippen MR) is 63.1 cm³/mol. The van der Waals surface area contributed by atoms with Crippen molar-refractivity contribution in [2.24, 2.45) is 0 Å². The molecule has 0 atom stereocenters. The molecule has 0 unspecified atom stereocenters. The van der Waals surface area contributed by atoms with E-state index < -0.39 is 12.0 Å². The van der Waals surface area contributed by atoms with Gasteiger partial charge in [-0.15, -0.1) is 0 Å². The van der Waals surface area contributed by atoms with Crippen molar-refractivity contribution in [3.8, 4) is 0 Å². The molecule has 0 N–H and O–H groups in total. The molecule has 1 saturated heterocycles. The van der Waals surface area contributed by atoms with Crippen LogP contribution in [-0.2, 0) is 9.63 Å². The minimum atomic E-state index is -0.516. The van der Waals surface area contributed by atoms with Gasteiger partial charge in [0.25, 0.3) is 0 Å². The molecular weight excluding hydrogens is 267 g/mol. The zero-order valence-corrected chi connectivity index (χ0v) is 10.3. The van der Waals surface area contributed by atoms with Gasteiger partial charge in [-0.2, -0.15) is 5.06 Å². The second-order valence-electron chi connectivity index (χ2n) is 3.43. The Morgan fingerprint density at radius 2 is 1.94 bits per heavy atom. The van der Waals surface area contributed by atoms with Gasteiger partial charge in [-0.1, -0.05) is 23.2 Å². The Hall–Kier alpha value is -1.46. The molecule has 0 radical (unpaired) electrons. The minimum Gasteiger partial charge on any atom is -0.335 e. The summed E-state index contributed by atoms with van der Waals surface area (Å²) in [6.07, 6.45) is 0. The Morgan fingerprint density at radius 3 is 2.59 bits per heavy atom. The first-order valence-electron chi connectivity index (χ1n) is 4.70. The van der Waals surface area contributed by atoms with Gasteiger partial charge in [0.15, 0.2) is 0 Å². The molecule has 1 aliphatic heterocycles. The summed E-state index contributed by atoms with van der Waals surface area (Å²) in [7, 11) is 1.36. The van der Waals surface area contributed by atoms with Crippen molar-refractivity contribution in [1.82, 2.24) is 5.06 Å². The highest BCUT2D eigenvalue weighted by molar-refractivity contribution is 6.42. The van der Waals surface area contributed by atoms with Gasteiger partial charge in [-0.05, 0) is 18.2 Å². The molecule has 90 valence electrons. The molecule has 2 amide bonds. The third-order valence-corrected chi connectivity index (χ3v) is 2.98. The number of anilines is 1. The van der Waals surface area contributed by atoms with Gasteiger partial charge in [0, 0.05) is 5.69 Å². The minimum absolute atomic E-state index is 0.152. The first-order valence-corrected chi connectivity index (χ1v) is 5.45. The number of hydrogen-bond acceptors (Lipinski definition) is 3.